The number of benzene rings is 1. The molecule has 1 aliphatic heterocycles. The van der Waals surface area contributed by atoms with Crippen molar-refractivity contribution in [2.75, 3.05) is 19.9 Å². The molecule has 1 aliphatic rings. The van der Waals surface area contributed by atoms with Crippen LogP contribution >= 0.6 is 11.3 Å². The SMILES string of the molecule is CC(C)CNCCc1nc(-c2ccc3c(c2)OCO3)cs1. The number of hydrogen-bond donors (Lipinski definition) is 1. The highest BCUT2D eigenvalue weighted by molar-refractivity contribution is 7.09. The van der Waals surface area contributed by atoms with Crippen molar-refractivity contribution in [3.05, 3.63) is 28.6 Å². The second-order valence-corrected chi connectivity index (χ2v) is 6.49. The molecule has 1 N–H and O–H groups in total. The van der Waals surface area contributed by atoms with Gasteiger partial charge in [0.2, 0.25) is 6.79 Å². The molecular formula is C16H20N2O2S. The predicted molar refractivity (Wildman–Crippen MR) is 85.1 cm³/mol. The Morgan fingerprint density at radius 1 is 1.29 bits per heavy atom. The lowest BCUT2D eigenvalue weighted by atomic mass is 10.1. The summed E-state index contributed by atoms with van der Waals surface area (Å²) in [5.41, 5.74) is 2.09. The Hall–Kier alpha value is -1.59. The molecular weight excluding hydrogens is 284 g/mol. The number of nitrogens with zero attached hydrogens (tertiary/aromatic N) is 1. The van der Waals surface area contributed by atoms with E-state index in [2.05, 4.69) is 24.5 Å². The first-order valence-corrected chi connectivity index (χ1v) is 8.15. The molecule has 5 heteroatoms. The number of ether oxygens (including phenoxy) is 2. The normalized spacial score (nSPS) is 13.1. The third-order valence-corrected chi connectivity index (χ3v) is 4.20. The predicted octanol–water partition coefficient (Wildman–Crippen LogP) is 3.33. The van der Waals surface area contributed by atoms with E-state index in [1.165, 1.54) is 5.01 Å². The molecule has 4 nitrogen and oxygen atoms in total. The average Bonchev–Trinajstić information content (AvgIpc) is 3.11. The first-order valence-electron chi connectivity index (χ1n) is 7.27. The fourth-order valence-corrected chi connectivity index (χ4v) is 3.01. The third-order valence-electron chi connectivity index (χ3n) is 3.29. The third kappa shape index (κ3) is 3.54. The zero-order valence-electron chi connectivity index (χ0n) is 12.4. The van der Waals surface area contributed by atoms with Gasteiger partial charge in [0, 0.05) is 23.9 Å². The van der Waals surface area contributed by atoms with Crippen LogP contribution in [-0.4, -0.2) is 24.9 Å². The van der Waals surface area contributed by atoms with E-state index in [4.69, 9.17) is 14.5 Å². The highest BCUT2D eigenvalue weighted by Gasteiger charge is 2.14. The molecule has 2 heterocycles. The maximum Gasteiger partial charge on any atom is 0.231 e. The molecule has 0 saturated carbocycles. The molecule has 21 heavy (non-hydrogen) atoms. The van der Waals surface area contributed by atoms with Gasteiger partial charge in [0.25, 0.3) is 0 Å². The van der Waals surface area contributed by atoms with Gasteiger partial charge in [-0.2, -0.15) is 0 Å². The van der Waals surface area contributed by atoms with Crippen LogP contribution in [0.4, 0.5) is 0 Å². The number of aromatic nitrogens is 1. The van der Waals surface area contributed by atoms with Gasteiger partial charge in [-0.1, -0.05) is 13.8 Å². The number of nitrogens with one attached hydrogen (secondary N) is 1. The van der Waals surface area contributed by atoms with Gasteiger partial charge in [-0.15, -0.1) is 11.3 Å². The maximum atomic E-state index is 5.41. The summed E-state index contributed by atoms with van der Waals surface area (Å²) in [6.07, 6.45) is 0.974. The summed E-state index contributed by atoms with van der Waals surface area (Å²) in [5.74, 6) is 2.30. The average molecular weight is 304 g/mol. The summed E-state index contributed by atoms with van der Waals surface area (Å²) in [5, 5.41) is 6.72. The lowest BCUT2D eigenvalue weighted by molar-refractivity contribution is 0.174. The standard InChI is InChI=1S/C16H20N2O2S/c1-11(2)8-17-6-5-16-18-13(9-21-16)12-3-4-14-15(7-12)20-10-19-14/h3-4,7,9,11,17H,5-6,8,10H2,1-2H3. The molecule has 0 aliphatic carbocycles. The van der Waals surface area contributed by atoms with Crippen LogP contribution in [0.3, 0.4) is 0 Å². The van der Waals surface area contributed by atoms with E-state index in [9.17, 15) is 0 Å². The van der Waals surface area contributed by atoms with Crippen molar-refractivity contribution in [3.63, 3.8) is 0 Å². The molecule has 0 bridgehead atoms. The van der Waals surface area contributed by atoms with Gasteiger partial charge in [-0.25, -0.2) is 4.98 Å². The second kappa shape index (κ2) is 6.45. The van der Waals surface area contributed by atoms with Crippen LogP contribution in [0.25, 0.3) is 11.3 Å². The molecule has 0 radical (unpaired) electrons. The minimum absolute atomic E-state index is 0.308. The van der Waals surface area contributed by atoms with Crippen molar-refractivity contribution in [2.24, 2.45) is 5.92 Å². The summed E-state index contributed by atoms with van der Waals surface area (Å²) in [4.78, 5) is 4.70. The van der Waals surface area contributed by atoms with Gasteiger partial charge in [0.1, 0.15) is 0 Å². The van der Waals surface area contributed by atoms with Gasteiger partial charge >= 0.3 is 0 Å². The fraction of sp³-hybridized carbons (Fsp3) is 0.438. The first-order chi connectivity index (χ1) is 10.2. The summed E-state index contributed by atoms with van der Waals surface area (Å²) >= 11 is 1.71. The van der Waals surface area contributed by atoms with Crippen LogP contribution in [0.15, 0.2) is 23.6 Å². The van der Waals surface area contributed by atoms with Gasteiger partial charge in [0.05, 0.1) is 10.7 Å². The molecule has 0 atom stereocenters. The topological polar surface area (TPSA) is 43.4 Å². The Kier molecular flexibility index (Phi) is 4.41. The Balaban J connectivity index is 1.62. The van der Waals surface area contributed by atoms with Crippen LogP contribution in [0.1, 0.15) is 18.9 Å². The first kappa shape index (κ1) is 14.4. The highest BCUT2D eigenvalue weighted by Crippen LogP contribution is 2.36. The van der Waals surface area contributed by atoms with Crippen molar-refractivity contribution in [2.45, 2.75) is 20.3 Å². The number of rotatable bonds is 6. The smallest absolute Gasteiger partial charge is 0.231 e. The van der Waals surface area contributed by atoms with E-state index in [0.717, 1.165) is 42.3 Å². The summed E-state index contributed by atoms with van der Waals surface area (Å²) in [6.45, 7) is 6.78. The molecule has 0 saturated heterocycles. The van der Waals surface area contributed by atoms with E-state index in [-0.39, 0.29) is 0 Å². The monoisotopic (exact) mass is 304 g/mol. The molecule has 0 fully saturated rings. The van der Waals surface area contributed by atoms with E-state index in [1.807, 2.05) is 18.2 Å². The molecule has 112 valence electrons. The molecule has 0 amide bonds. The van der Waals surface area contributed by atoms with Crippen molar-refractivity contribution < 1.29 is 9.47 Å². The van der Waals surface area contributed by atoms with Gasteiger partial charge in [-0.05, 0) is 30.7 Å². The van der Waals surface area contributed by atoms with Crippen LogP contribution in [0.5, 0.6) is 11.5 Å². The van der Waals surface area contributed by atoms with Crippen LogP contribution < -0.4 is 14.8 Å². The van der Waals surface area contributed by atoms with Gasteiger partial charge < -0.3 is 14.8 Å². The second-order valence-electron chi connectivity index (χ2n) is 5.54. The summed E-state index contributed by atoms with van der Waals surface area (Å²) < 4.78 is 10.7. The van der Waals surface area contributed by atoms with E-state index in [1.54, 1.807) is 11.3 Å². The Bertz CT molecular complexity index is 610. The molecule has 1 aromatic heterocycles. The summed E-state index contributed by atoms with van der Waals surface area (Å²) in [7, 11) is 0. The van der Waals surface area contributed by atoms with E-state index < -0.39 is 0 Å². The molecule has 0 unspecified atom stereocenters. The van der Waals surface area contributed by atoms with Crippen molar-refractivity contribution >= 4 is 11.3 Å². The van der Waals surface area contributed by atoms with Crippen molar-refractivity contribution in [3.8, 4) is 22.8 Å². The Morgan fingerprint density at radius 2 is 2.14 bits per heavy atom. The van der Waals surface area contributed by atoms with Crippen LogP contribution in [-0.2, 0) is 6.42 Å². The molecule has 1 aromatic carbocycles. The fourth-order valence-electron chi connectivity index (χ4n) is 2.20. The quantitative estimate of drug-likeness (QED) is 0.831. The highest BCUT2D eigenvalue weighted by atomic mass is 32.1. The zero-order chi connectivity index (χ0) is 14.7. The molecule has 0 spiro atoms. The number of hydrogen-bond acceptors (Lipinski definition) is 5. The minimum atomic E-state index is 0.308. The largest absolute Gasteiger partial charge is 0.454 e. The number of fused-ring (bicyclic) bond motifs is 1. The lowest BCUT2D eigenvalue weighted by Crippen LogP contribution is -2.22. The number of thiazole rings is 1. The minimum Gasteiger partial charge on any atom is -0.454 e. The summed E-state index contributed by atoms with van der Waals surface area (Å²) in [6, 6.07) is 5.97. The molecule has 3 rings (SSSR count). The Labute approximate surface area is 129 Å². The van der Waals surface area contributed by atoms with Crippen molar-refractivity contribution in [1.82, 2.24) is 10.3 Å². The maximum absolute atomic E-state index is 5.41. The van der Waals surface area contributed by atoms with Crippen LogP contribution in [0.2, 0.25) is 0 Å². The Morgan fingerprint density at radius 3 is 3.00 bits per heavy atom. The zero-order valence-corrected chi connectivity index (χ0v) is 13.2. The van der Waals surface area contributed by atoms with Gasteiger partial charge in [-0.3, -0.25) is 0 Å². The lowest BCUT2D eigenvalue weighted by Gasteiger charge is -2.05. The van der Waals surface area contributed by atoms with Gasteiger partial charge in [0.15, 0.2) is 11.5 Å². The molecule has 2 aromatic rings. The van der Waals surface area contributed by atoms with Crippen molar-refractivity contribution in [1.29, 1.82) is 0 Å². The van der Waals surface area contributed by atoms with Crippen LogP contribution in [0, 0.1) is 5.92 Å². The van der Waals surface area contributed by atoms with E-state index >= 15 is 0 Å². The van der Waals surface area contributed by atoms with E-state index in [0.29, 0.717) is 12.7 Å².